The average molecular weight is 448 g/mol. The first-order valence-corrected chi connectivity index (χ1v) is 10.2. The van der Waals surface area contributed by atoms with Gasteiger partial charge in [-0.3, -0.25) is 10.2 Å². The highest BCUT2D eigenvalue weighted by Crippen LogP contribution is 2.30. The van der Waals surface area contributed by atoms with Crippen molar-refractivity contribution in [2.75, 3.05) is 13.1 Å². The molecule has 0 bridgehead atoms. The Kier molecular flexibility index (Phi) is 5.21. The zero-order valence-corrected chi connectivity index (χ0v) is 17.3. The van der Waals surface area contributed by atoms with Crippen molar-refractivity contribution in [2.45, 2.75) is 26.2 Å². The molecule has 1 aromatic heterocycles. The Bertz CT molecular complexity index is 972. The fourth-order valence-corrected chi connectivity index (χ4v) is 4.05. The summed E-state index contributed by atoms with van der Waals surface area (Å²) in [4.78, 5) is 20.5. The van der Waals surface area contributed by atoms with Gasteiger partial charge in [-0.05, 0) is 55.7 Å². The van der Waals surface area contributed by atoms with Gasteiger partial charge in [0.05, 0.1) is 11.0 Å². The first-order valence-electron chi connectivity index (χ1n) is 9.03. The van der Waals surface area contributed by atoms with Crippen LogP contribution in [-0.2, 0) is 0 Å². The number of hydrazine groups is 1. The number of benzene rings is 2. The van der Waals surface area contributed by atoms with Gasteiger partial charge >= 0.3 is 0 Å². The molecule has 1 saturated heterocycles. The van der Waals surface area contributed by atoms with E-state index in [4.69, 9.17) is 11.6 Å². The molecule has 0 unspecified atom stereocenters. The molecule has 1 fully saturated rings. The highest BCUT2D eigenvalue weighted by molar-refractivity contribution is 9.10. The molecule has 0 spiro atoms. The Labute approximate surface area is 171 Å². The summed E-state index contributed by atoms with van der Waals surface area (Å²) in [5.41, 5.74) is 7.26. The molecule has 4 rings (SSSR count). The van der Waals surface area contributed by atoms with Gasteiger partial charge in [-0.2, -0.15) is 0 Å². The number of carbonyl (C=O) groups is 1. The number of H-pyrrole nitrogens is 1. The van der Waals surface area contributed by atoms with Crippen molar-refractivity contribution in [3.05, 3.63) is 51.0 Å². The van der Waals surface area contributed by atoms with Crippen LogP contribution in [0, 0.1) is 6.92 Å². The summed E-state index contributed by atoms with van der Waals surface area (Å²) in [6.45, 7) is 3.78. The van der Waals surface area contributed by atoms with Gasteiger partial charge in [0.2, 0.25) is 0 Å². The van der Waals surface area contributed by atoms with Gasteiger partial charge in [0.15, 0.2) is 0 Å². The molecule has 1 aliphatic rings. The first kappa shape index (κ1) is 18.5. The van der Waals surface area contributed by atoms with Crippen LogP contribution in [0.2, 0.25) is 5.02 Å². The minimum absolute atomic E-state index is 0.0869. The number of halogens is 2. The van der Waals surface area contributed by atoms with Crippen molar-refractivity contribution in [2.24, 2.45) is 0 Å². The number of piperidine rings is 1. The number of rotatable bonds is 3. The molecule has 1 aliphatic heterocycles. The molecule has 3 aromatic rings. The molecular formula is C20H20BrClN4O. The Balaban J connectivity index is 1.59. The summed E-state index contributed by atoms with van der Waals surface area (Å²) in [6.07, 6.45) is 3.48. The second-order valence-corrected chi connectivity index (χ2v) is 8.15. The maximum absolute atomic E-state index is 12.5. The third-order valence-corrected chi connectivity index (χ3v) is 5.93. The third kappa shape index (κ3) is 3.88. The highest BCUT2D eigenvalue weighted by atomic mass is 79.9. The van der Waals surface area contributed by atoms with E-state index in [0.717, 1.165) is 58.4 Å². The van der Waals surface area contributed by atoms with Crippen molar-refractivity contribution >= 4 is 44.5 Å². The van der Waals surface area contributed by atoms with Crippen LogP contribution in [0.3, 0.4) is 0 Å². The first-order chi connectivity index (χ1) is 13.0. The maximum atomic E-state index is 12.5. The number of amides is 1. The summed E-state index contributed by atoms with van der Waals surface area (Å²) in [5.74, 6) is 0.651. The van der Waals surface area contributed by atoms with E-state index in [-0.39, 0.29) is 5.91 Å². The molecule has 2 N–H and O–H groups in total. The molecule has 0 atom stereocenters. The summed E-state index contributed by atoms with van der Waals surface area (Å²) in [7, 11) is 0. The zero-order valence-electron chi connectivity index (χ0n) is 15.0. The van der Waals surface area contributed by atoms with Gasteiger partial charge in [-0.25, -0.2) is 9.99 Å². The fraction of sp³-hybridized carbons (Fsp3) is 0.300. The monoisotopic (exact) mass is 446 g/mol. The molecule has 2 aromatic carbocycles. The number of hydrogen-bond acceptors (Lipinski definition) is 3. The topological polar surface area (TPSA) is 61.0 Å². The second kappa shape index (κ2) is 7.62. The van der Waals surface area contributed by atoms with Gasteiger partial charge < -0.3 is 4.98 Å². The summed E-state index contributed by atoms with van der Waals surface area (Å²) in [5, 5.41) is 2.70. The van der Waals surface area contributed by atoms with Crippen molar-refractivity contribution in [1.82, 2.24) is 20.4 Å². The lowest BCUT2D eigenvalue weighted by Gasteiger charge is -2.26. The number of aromatic nitrogens is 2. The van der Waals surface area contributed by atoms with Crippen LogP contribution < -0.4 is 5.43 Å². The van der Waals surface area contributed by atoms with E-state index in [1.54, 1.807) is 0 Å². The Morgan fingerprint density at radius 1 is 1.22 bits per heavy atom. The normalized spacial score (nSPS) is 15.2. The van der Waals surface area contributed by atoms with Crippen LogP contribution in [0.1, 0.15) is 35.2 Å². The molecule has 140 valence electrons. The zero-order chi connectivity index (χ0) is 19.0. The third-order valence-electron chi connectivity index (χ3n) is 4.86. The molecular weight excluding hydrogens is 428 g/mol. The van der Waals surface area contributed by atoms with Crippen LogP contribution in [-0.4, -0.2) is 34.0 Å². The minimum Gasteiger partial charge on any atom is -0.338 e. The molecule has 5 nitrogen and oxygen atoms in total. The van der Waals surface area contributed by atoms with E-state index >= 15 is 0 Å². The van der Waals surface area contributed by atoms with Crippen molar-refractivity contribution < 1.29 is 4.79 Å². The SMILES string of the molecule is Cc1cc2[nH]c(-c3ccc(C(=O)NN4CCCCC4)cc3Br)nc2cc1Cl. The number of imidazole rings is 1. The molecule has 7 heteroatoms. The predicted molar refractivity (Wildman–Crippen MR) is 112 cm³/mol. The molecule has 2 heterocycles. The summed E-state index contributed by atoms with van der Waals surface area (Å²) >= 11 is 9.78. The Hall–Kier alpha value is -1.89. The number of nitrogens with one attached hydrogen (secondary N) is 2. The van der Waals surface area contributed by atoms with Gasteiger partial charge in [-0.15, -0.1) is 0 Å². The Morgan fingerprint density at radius 3 is 2.74 bits per heavy atom. The van der Waals surface area contributed by atoms with E-state index in [1.165, 1.54) is 6.42 Å². The van der Waals surface area contributed by atoms with Crippen LogP contribution in [0.25, 0.3) is 22.4 Å². The molecule has 1 amide bonds. The highest BCUT2D eigenvalue weighted by Gasteiger charge is 2.16. The van der Waals surface area contributed by atoms with E-state index in [9.17, 15) is 4.79 Å². The summed E-state index contributed by atoms with van der Waals surface area (Å²) in [6, 6.07) is 9.41. The van der Waals surface area contributed by atoms with Crippen LogP contribution >= 0.6 is 27.5 Å². The van der Waals surface area contributed by atoms with Crippen molar-refractivity contribution in [3.8, 4) is 11.4 Å². The smallest absolute Gasteiger partial charge is 0.265 e. The number of aryl methyl sites for hydroxylation is 1. The Morgan fingerprint density at radius 2 is 2.00 bits per heavy atom. The van der Waals surface area contributed by atoms with Gasteiger partial charge in [0.1, 0.15) is 5.82 Å². The number of fused-ring (bicyclic) bond motifs is 1. The number of nitrogens with zero attached hydrogens (tertiary/aromatic N) is 2. The van der Waals surface area contributed by atoms with E-state index in [2.05, 4.69) is 31.3 Å². The van der Waals surface area contributed by atoms with E-state index in [0.29, 0.717) is 10.6 Å². The molecule has 27 heavy (non-hydrogen) atoms. The fourth-order valence-electron chi connectivity index (χ4n) is 3.33. The lowest BCUT2D eigenvalue weighted by Crippen LogP contribution is -2.45. The second-order valence-electron chi connectivity index (χ2n) is 6.89. The van der Waals surface area contributed by atoms with Gasteiger partial charge in [0.25, 0.3) is 5.91 Å². The predicted octanol–water partition coefficient (Wildman–Crippen LogP) is 5.08. The average Bonchev–Trinajstić information content (AvgIpc) is 3.05. The number of carbonyl (C=O) groups excluding carboxylic acids is 1. The number of hydrogen-bond donors (Lipinski definition) is 2. The van der Waals surface area contributed by atoms with Crippen LogP contribution in [0.15, 0.2) is 34.8 Å². The molecule has 0 radical (unpaired) electrons. The standard InChI is InChI=1S/C20H20BrClN4O/c1-12-9-17-18(11-16(12)22)24-19(23-17)14-6-5-13(10-15(14)21)20(27)25-26-7-3-2-4-8-26/h5-6,9-11H,2-4,7-8H2,1H3,(H,23,24)(H,25,27). The van der Waals surface area contributed by atoms with Gasteiger partial charge in [0, 0.05) is 33.7 Å². The summed E-state index contributed by atoms with van der Waals surface area (Å²) < 4.78 is 0.815. The van der Waals surface area contributed by atoms with Crippen LogP contribution in [0.4, 0.5) is 0 Å². The quantitative estimate of drug-likeness (QED) is 0.588. The number of aromatic amines is 1. The van der Waals surface area contributed by atoms with Crippen molar-refractivity contribution in [1.29, 1.82) is 0 Å². The maximum Gasteiger partial charge on any atom is 0.265 e. The van der Waals surface area contributed by atoms with Crippen molar-refractivity contribution in [3.63, 3.8) is 0 Å². The lowest BCUT2D eigenvalue weighted by molar-refractivity contribution is 0.0750. The molecule has 0 aliphatic carbocycles. The largest absolute Gasteiger partial charge is 0.338 e. The van der Waals surface area contributed by atoms with E-state index in [1.807, 2.05) is 42.3 Å². The minimum atomic E-state index is -0.0869. The van der Waals surface area contributed by atoms with Crippen LogP contribution in [0.5, 0.6) is 0 Å². The lowest BCUT2D eigenvalue weighted by atomic mass is 10.1. The molecule has 0 saturated carbocycles. The van der Waals surface area contributed by atoms with Gasteiger partial charge in [-0.1, -0.05) is 34.0 Å². The van der Waals surface area contributed by atoms with E-state index < -0.39 is 0 Å².